The number of piperidine rings is 1. The van der Waals surface area contributed by atoms with Gasteiger partial charge in [-0.3, -0.25) is 0 Å². The van der Waals surface area contributed by atoms with Crippen molar-refractivity contribution in [3.05, 3.63) is 0 Å². The maximum absolute atomic E-state index is 4.05. The molecule has 3 heteroatoms. The molecule has 10 heavy (non-hydrogen) atoms. The highest BCUT2D eigenvalue weighted by Crippen LogP contribution is 2.15. The van der Waals surface area contributed by atoms with E-state index in [1.54, 1.807) is 0 Å². The van der Waals surface area contributed by atoms with Crippen molar-refractivity contribution < 1.29 is 0 Å². The molecule has 0 saturated carbocycles. The molecule has 0 aromatic heterocycles. The van der Waals surface area contributed by atoms with Crippen molar-refractivity contribution in [2.45, 2.75) is 6.42 Å². The molecule has 0 aliphatic carbocycles. The van der Waals surface area contributed by atoms with E-state index in [-0.39, 0.29) is 0 Å². The van der Waals surface area contributed by atoms with E-state index in [9.17, 15) is 0 Å². The molecule has 2 rings (SSSR count). The van der Waals surface area contributed by atoms with Crippen LogP contribution in [0.1, 0.15) is 6.42 Å². The van der Waals surface area contributed by atoms with Crippen molar-refractivity contribution in [1.82, 2.24) is 4.90 Å². The smallest absolute Gasteiger partial charge is 0.0630 e. The second kappa shape index (κ2) is 2.16. The Labute approximate surface area is 60.4 Å². The Morgan fingerprint density at radius 3 is 3.50 bits per heavy atom. The topological polar surface area (TPSA) is 28.0 Å². The fraction of sp³-hybridized carbons (Fsp3) is 0.714. The van der Waals surface area contributed by atoms with Crippen LogP contribution < -0.4 is 0 Å². The van der Waals surface area contributed by atoms with Crippen molar-refractivity contribution in [2.75, 3.05) is 20.1 Å². The fourth-order valence-electron chi connectivity index (χ4n) is 1.45. The molecule has 3 nitrogen and oxygen atoms in total. The van der Waals surface area contributed by atoms with Crippen LogP contribution in [0, 0.1) is 5.92 Å². The summed E-state index contributed by atoms with van der Waals surface area (Å²) in [5.41, 5.74) is 1.24. The molecule has 0 amide bonds. The predicted octanol–water partition coefficient (Wildman–Crippen LogP) is 0.378. The van der Waals surface area contributed by atoms with Gasteiger partial charge in [-0.05, 0) is 20.0 Å². The molecule has 0 N–H and O–H groups in total. The van der Waals surface area contributed by atoms with E-state index < -0.39 is 0 Å². The van der Waals surface area contributed by atoms with Crippen LogP contribution in [0.4, 0.5) is 0 Å². The Balaban J connectivity index is 2.12. The SMILES string of the molecule is CN1CCC2C=NN=C2C1. The van der Waals surface area contributed by atoms with E-state index in [1.165, 1.54) is 18.7 Å². The number of likely N-dealkylation sites (tertiary alicyclic amines) is 1. The van der Waals surface area contributed by atoms with Crippen LogP contribution in [-0.2, 0) is 0 Å². The highest BCUT2D eigenvalue weighted by Gasteiger charge is 2.24. The fourth-order valence-corrected chi connectivity index (χ4v) is 1.45. The number of rotatable bonds is 0. The van der Waals surface area contributed by atoms with Gasteiger partial charge in [-0.15, -0.1) is 0 Å². The molecule has 1 saturated heterocycles. The van der Waals surface area contributed by atoms with E-state index in [1.807, 2.05) is 6.21 Å². The molecule has 2 heterocycles. The van der Waals surface area contributed by atoms with Crippen molar-refractivity contribution in [1.29, 1.82) is 0 Å². The van der Waals surface area contributed by atoms with Gasteiger partial charge in [0.1, 0.15) is 0 Å². The van der Waals surface area contributed by atoms with Gasteiger partial charge in [0, 0.05) is 18.7 Å². The predicted molar refractivity (Wildman–Crippen MR) is 41.5 cm³/mol. The summed E-state index contributed by atoms with van der Waals surface area (Å²) in [6, 6.07) is 0. The van der Waals surface area contributed by atoms with Crippen LogP contribution in [0.25, 0.3) is 0 Å². The average molecular weight is 137 g/mol. The highest BCUT2D eigenvalue weighted by atomic mass is 15.3. The molecule has 0 spiro atoms. The van der Waals surface area contributed by atoms with Gasteiger partial charge in [0.2, 0.25) is 0 Å². The molecule has 1 fully saturated rings. The van der Waals surface area contributed by atoms with Gasteiger partial charge >= 0.3 is 0 Å². The van der Waals surface area contributed by atoms with Crippen molar-refractivity contribution in [3.63, 3.8) is 0 Å². The lowest BCUT2D eigenvalue weighted by Crippen LogP contribution is -2.37. The molecule has 0 aromatic carbocycles. The van der Waals surface area contributed by atoms with Crippen molar-refractivity contribution in [2.24, 2.45) is 16.1 Å². The summed E-state index contributed by atoms with van der Waals surface area (Å²) in [5, 5.41) is 7.95. The number of hydrogen-bond acceptors (Lipinski definition) is 3. The third kappa shape index (κ3) is 0.865. The Morgan fingerprint density at radius 1 is 1.70 bits per heavy atom. The third-order valence-electron chi connectivity index (χ3n) is 2.11. The third-order valence-corrected chi connectivity index (χ3v) is 2.11. The van der Waals surface area contributed by atoms with Gasteiger partial charge in [0.05, 0.1) is 5.71 Å². The summed E-state index contributed by atoms with van der Waals surface area (Å²) in [5.74, 6) is 0.566. The lowest BCUT2D eigenvalue weighted by atomic mass is 9.97. The van der Waals surface area contributed by atoms with Crippen LogP contribution >= 0.6 is 0 Å². The number of nitrogens with zero attached hydrogens (tertiary/aromatic N) is 3. The molecular formula is C7H11N3. The first-order valence-corrected chi connectivity index (χ1v) is 3.65. The Kier molecular flexibility index (Phi) is 1.31. The summed E-state index contributed by atoms with van der Waals surface area (Å²) in [7, 11) is 2.12. The Morgan fingerprint density at radius 2 is 2.60 bits per heavy atom. The van der Waals surface area contributed by atoms with Gasteiger partial charge in [-0.25, -0.2) is 0 Å². The van der Waals surface area contributed by atoms with Crippen LogP contribution in [0.3, 0.4) is 0 Å². The van der Waals surface area contributed by atoms with E-state index in [0.29, 0.717) is 5.92 Å². The monoisotopic (exact) mass is 137 g/mol. The molecule has 0 bridgehead atoms. The van der Waals surface area contributed by atoms with Crippen LogP contribution in [-0.4, -0.2) is 37.0 Å². The second-order valence-electron chi connectivity index (χ2n) is 2.99. The molecule has 2 aliphatic rings. The Hall–Kier alpha value is -0.700. The van der Waals surface area contributed by atoms with Crippen LogP contribution in [0.2, 0.25) is 0 Å². The summed E-state index contributed by atoms with van der Waals surface area (Å²) in [6.07, 6.45) is 3.15. The minimum absolute atomic E-state index is 0.566. The quantitative estimate of drug-likeness (QED) is 0.474. The lowest BCUT2D eigenvalue weighted by molar-refractivity contribution is 0.343. The largest absolute Gasteiger partial charge is 0.301 e. The van der Waals surface area contributed by atoms with Gasteiger partial charge in [-0.2, -0.15) is 10.2 Å². The maximum Gasteiger partial charge on any atom is 0.0630 e. The molecule has 0 radical (unpaired) electrons. The van der Waals surface area contributed by atoms with Crippen LogP contribution in [0.5, 0.6) is 0 Å². The molecule has 1 atom stereocenters. The van der Waals surface area contributed by atoms with E-state index in [4.69, 9.17) is 0 Å². The molecule has 1 unspecified atom stereocenters. The standard InChI is InChI=1S/C7H11N3/c1-10-3-2-6-4-8-9-7(6)5-10/h4,6H,2-3,5H2,1H3. The average Bonchev–Trinajstić information content (AvgIpc) is 2.33. The highest BCUT2D eigenvalue weighted by molar-refractivity contribution is 6.03. The van der Waals surface area contributed by atoms with Crippen molar-refractivity contribution >= 4 is 11.9 Å². The van der Waals surface area contributed by atoms with Crippen LogP contribution in [0.15, 0.2) is 10.2 Å². The second-order valence-corrected chi connectivity index (χ2v) is 2.99. The van der Waals surface area contributed by atoms with Gasteiger partial charge in [0.25, 0.3) is 0 Å². The summed E-state index contributed by atoms with van der Waals surface area (Å²) in [4.78, 5) is 2.28. The summed E-state index contributed by atoms with van der Waals surface area (Å²) < 4.78 is 0. The normalized spacial score (nSPS) is 32.1. The van der Waals surface area contributed by atoms with Gasteiger partial charge in [0.15, 0.2) is 0 Å². The maximum atomic E-state index is 4.05. The first-order chi connectivity index (χ1) is 4.86. The lowest BCUT2D eigenvalue weighted by Gasteiger charge is -2.25. The first-order valence-electron chi connectivity index (χ1n) is 3.65. The zero-order valence-corrected chi connectivity index (χ0v) is 6.12. The van der Waals surface area contributed by atoms with Gasteiger partial charge in [-0.1, -0.05) is 0 Å². The number of fused-ring (bicyclic) bond motifs is 1. The summed E-state index contributed by atoms with van der Waals surface area (Å²) >= 11 is 0. The van der Waals surface area contributed by atoms with E-state index in [0.717, 1.165) is 6.54 Å². The minimum Gasteiger partial charge on any atom is -0.301 e. The zero-order chi connectivity index (χ0) is 6.97. The molecule has 2 aliphatic heterocycles. The van der Waals surface area contributed by atoms with E-state index >= 15 is 0 Å². The molecular weight excluding hydrogens is 126 g/mol. The van der Waals surface area contributed by atoms with Gasteiger partial charge < -0.3 is 4.90 Å². The van der Waals surface area contributed by atoms with Crippen molar-refractivity contribution in [3.8, 4) is 0 Å². The minimum atomic E-state index is 0.566. The number of hydrogen-bond donors (Lipinski definition) is 0. The van der Waals surface area contributed by atoms with E-state index in [2.05, 4.69) is 22.2 Å². The first kappa shape index (κ1) is 6.04. The molecule has 54 valence electrons. The Bertz CT molecular complexity index is 195. The molecule has 0 aromatic rings. The summed E-state index contributed by atoms with van der Waals surface area (Å²) in [6.45, 7) is 2.18. The zero-order valence-electron chi connectivity index (χ0n) is 6.12.